The molecule has 0 aromatic rings. The van der Waals surface area contributed by atoms with E-state index in [0.29, 0.717) is 11.3 Å². The van der Waals surface area contributed by atoms with E-state index in [4.69, 9.17) is 5.73 Å². The second-order valence-corrected chi connectivity index (χ2v) is 7.91. The first-order valence-electron chi connectivity index (χ1n) is 7.72. The molecule has 1 atom stereocenters. The molecule has 0 aromatic carbocycles. The molecular formula is C16H29N. The standard InChI is InChI=1S/C16H29N/c1-10(9-17)16(2,3)15-13-5-11-4-12(7-13)8-14(15)6-11/h10-15H,4-9,17H2,1-3H3. The Morgan fingerprint density at radius 1 is 1.00 bits per heavy atom. The van der Waals surface area contributed by atoms with Gasteiger partial charge in [-0.2, -0.15) is 0 Å². The average Bonchev–Trinajstić information content (AvgIpc) is 2.25. The highest BCUT2D eigenvalue weighted by Crippen LogP contribution is 2.61. The number of hydrogen-bond acceptors (Lipinski definition) is 1. The summed E-state index contributed by atoms with van der Waals surface area (Å²) in [5.41, 5.74) is 6.41. The van der Waals surface area contributed by atoms with E-state index < -0.39 is 0 Å². The lowest BCUT2D eigenvalue weighted by Gasteiger charge is -2.60. The Balaban J connectivity index is 1.84. The zero-order valence-corrected chi connectivity index (χ0v) is 11.8. The minimum atomic E-state index is 0.456. The van der Waals surface area contributed by atoms with Gasteiger partial charge in [0.15, 0.2) is 0 Å². The van der Waals surface area contributed by atoms with Gasteiger partial charge in [-0.1, -0.05) is 20.8 Å². The van der Waals surface area contributed by atoms with Crippen molar-refractivity contribution in [1.29, 1.82) is 0 Å². The molecule has 0 spiro atoms. The maximum Gasteiger partial charge on any atom is -0.00463 e. The summed E-state index contributed by atoms with van der Waals surface area (Å²) in [6.45, 7) is 8.22. The maximum atomic E-state index is 5.95. The van der Waals surface area contributed by atoms with Gasteiger partial charge in [-0.25, -0.2) is 0 Å². The maximum absolute atomic E-state index is 5.95. The molecule has 1 heteroatoms. The van der Waals surface area contributed by atoms with E-state index in [-0.39, 0.29) is 0 Å². The van der Waals surface area contributed by atoms with Crippen molar-refractivity contribution < 1.29 is 0 Å². The van der Waals surface area contributed by atoms with E-state index in [1.165, 1.54) is 0 Å². The second kappa shape index (κ2) is 3.98. The molecule has 4 bridgehead atoms. The number of nitrogens with two attached hydrogens (primary N) is 1. The van der Waals surface area contributed by atoms with Gasteiger partial charge in [-0.05, 0) is 79.6 Å². The van der Waals surface area contributed by atoms with Gasteiger partial charge in [0.05, 0.1) is 0 Å². The first kappa shape index (κ1) is 12.0. The molecule has 4 aliphatic carbocycles. The average molecular weight is 235 g/mol. The van der Waals surface area contributed by atoms with E-state index in [2.05, 4.69) is 20.8 Å². The lowest BCUT2D eigenvalue weighted by atomic mass is 9.46. The molecule has 0 aromatic heterocycles. The third-order valence-electron chi connectivity index (χ3n) is 6.71. The van der Waals surface area contributed by atoms with Gasteiger partial charge < -0.3 is 5.73 Å². The zero-order chi connectivity index (χ0) is 12.2. The highest BCUT2D eigenvalue weighted by Gasteiger charge is 2.53. The van der Waals surface area contributed by atoms with Crippen molar-refractivity contribution in [2.45, 2.75) is 52.9 Å². The highest BCUT2D eigenvalue weighted by atomic mass is 14.6. The largest absolute Gasteiger partial charge is 0.330 e. The lowest BCUT2D eigenvalue weighted by Crippen LogP contribution is -2.52. The SMILES string of the molecule is CC(CN)C(C)(C)C1C2CC3CC(C2)CC1C3. The van der Waals surface area contributed by atoms with Crippen LogP contribution in [-0.2, 0) is 0 Å². The summed E-state index contributed by atoms with van der Waals surface area (Å²) in [5, 5.41) is 0. The molecule has 4 saturated carbocycles. The molecule has 17 heavy (non-hydrogen) atoms. The zero-order valence-electron chi connectivity index (χ0n) is 11.8. The second-order valence-electron chi connectivity index (χ2n) is 7.91. The van der Waals surface area contributed by atoms with Gasteiger partial charge in [0.25, 0.3) is 0 Å². The summed E-state index contributed by atoms with van der Waals surface area (Å²) in [5.74, 6) is 5.90. The van der Waals surface area contributed by atoms with Crippen LogP contribution in [0.1, 0.15) is 52.9 Å². The Labute approximate surface area is 107 Å². The molecule has 98 valence electrons. The third-order valence-corrected chi connectivity index (χ3v) is 6.71. The molecular weight excluding hydrogens is 206 g/mol. The van der Waals surface area contributed by atoms with Crippen LogP contribution in [0.3, 0.4) is 0 Å². The van der Waals surface area contributed by atoms with Crippen LogP contribution in [0.15, 0.2) is 0 Å². The van der Waals surface area contributed by atoms with Gasteiger partial charge in [-0.3, -0.25) is 0 Å². The van der Waals surface area contributed by atoms with E-state index >= 15 is 0 Å². The topological polar surface area (TPSA) is 26.0 Å². The van der Waals surface area contributed by atoms with E-state index in [0.717, 1.165) is 36.1 Å². The first-order valence-corrected chi connectivity index (χ1v) is 7.72. The Bertz CT molecular complexity index is 266. The molecule has 0 radical (unpaired) electrons. The van der Waals surface area contributed by atoms with Gasteiger partial charge in [0, 0.05) is 0 Å². The molecule has 2 N–H and O–H groups in total. The summed E-state index contributed by atoms with van der Waals surface area (Å²) in [4.78, 5) is 0. The van der Waals surface area contributed by atoms with Gasteiger partial charge in [-0.15, -0.1) is 0 Å². The predicted octanol–water partition coefficient (Wildman–Crippen LogP) is 3.68. The molecule has 0 amide bonds. The molecule has 4 fully saturated rings. The van der Waals surface area contributed by atoms with Crippen molar-refractivity contribution in [2.75, 3.05) is 6.54 Å². The lowest BCUT2D eigenvalue weighted by molar-refractivity contribution is -0.101. The van der Waals surface area contributed by atoms with Crippen molar-refractivity contribution in [2.24, 2.45) is 46.7 Å². The molecule has 4 aliphatic rings. The van der Waals surface area contributed by atoms with Crippen molar-refractivity contribution >= 4 is 0 Å². The summed E-state index contributed by atoms with van der Waals surface area (Å²) in [6, 6.07) is 0. The van der Waals surface area contributed by atoms with Gasteiger partial charge in [0.1, 0.15) is 0 Å². The normalized spacial score (nSPS) is 46.2. The monoisotopic (exact) mass is 235 g/mol. The number of rotatable bonds is 3. The fourth-order valence-electron chi connectivity index (χ4n) is 5.77. The number of hydrogen-bond donors (Lipinski definition) is 1. The fraction of sp³-hybridized carbons (Fsp3) is 1.00. The van der Waals surface area contributed by atoms with E-state index in [1.54, 1.807) is 32.1 Å². The first-order chi connectivity index (χ1) is 8.02. The molecule has 0 heterocycles. The van der Waals surface area contributed by atoms with Crippen molar-refractivity contribution in [1.82, 2.24) is 0 Å². The summed E-state index contributed by atoms with van der Waals surface area (Å²) in [7, 11) is 0. The Hall–Kier alpha value is -0.0400. The fourth-order valence-corrected chi connectivity index (χ4v) is 5.77. The van der Waals surface area contributed by atoms with E-state index in [1.807, 2.05) is 0 Å². The smallest absolute Gasteiger partial charge is 0.00463 e. The van der Waals surface area contributed by atoms with Crippen molar-refractivity contribution in [3.05, 3.63) is 0 Å². The van der Waals surface area contributed by atoms with Crippen LogP contribution >= 0.6 is 0 Å². The molecule has 1 nitrogen and oxygen atoms in total. The quantitative estimate of drug-likeness (QED) is 0.793. The van der Waals surface area contributed by atoms with Gasteiger partial charge >= 0.3 is 0 Å². The van der Waals surface area contributed by atoms with Crippen molar-refractivity contribution in [3.63, 3.8) is 0 Å². The van der Waals surface area contributed by atoms with Crippen LogP contribution in [0, 0.1) is 40.9 Å². The van der Waals surface area contributed by atoms with Crippen LogP contribution in [0.2, 0.25) is 0 Å². The van der Waals surface area contributed by atoms with Crippen LogP contribution in [0.25, 0.3) is 0 Å². The summed E-state index contributed by atoms with van der Waals surface area (Å²) < 4.78 is 0. The Kier molecular flexibility index (Phi) is 2.81. The van der Waals surface area contributed by atoms with E-state index in [9.17, 15) is 0 Å². The highest BCUT2D eigenvalue weighted by molar-refractivity contribution is 5.03. The molecule has 0 saturated heterocycles. The van der Waals surface area contributed by atoms with Gasteiger partial charge in [0.2, 0.25) is 0 Å². The van der Waals surface area contributed by atoms with Crippen LogP contribution < -0.4 is 5.73 Å². The summed E-state index contributed by atoms with van der Waals surface area (Å²) >= 11 is 0. The van der Waals surface area contributed by atoms with Crippen molar-refractivity contribution in [3.8, 4) is 0 Å². The molecule has 1 unspecified atom stereocenters. The molecule has 4 rings (SSSR count). The van der Waals surface area contributed by atoms with Crippen LogP contribution in [0.4, 0.5) is 0 Å². The third kappa shape index (κ3) is 1.77. The minimum Gasteiger partial charge on any atom is -0.330 e. The molecule has 0 aliphatic heterocycles. The van der Waals surface area contributed by atoms with Crippen LogP contribution in [-0.4, -0.2) is 6.54 Å². The Morgan fingerprint density at radius 2 is 1.47 bits per heavy atom. The predicted molar refractivity (Wildman–Crippen MR) is 72.5 cm³/mol. The minimum absolute atomic E-state index is 0.456. The Morgan fingerprint density at radius 3 is 1.88 bits per heavy atom. The summed E-state index contributed by atoms with van der Waals surface area (Å²) in [6.07, 6.45) is 7.72. The van der Waals surface area contributed by atoms with Crippen LogP contribution in [0.5, 0.6) is 0 Å².